The van der Waals surface area contributed by atoms with Crippen LogP contribution in [0.15, 0.2) is 24.4 Å². The normalized spacial score (nSPS) is 26.6. The third kappa shape index (κ3) is 3.99. The Bertz CT molecular complexity index is 745. The quantitative estimate of drug-likeness (QED) is 0.704. The van der Waals surface area contributed by atoms with Crippen molar-refractivity contribution in [1.82, 2.24) is 14.7 Å². The van der Waals surface area contributed by atoms with Gasteiger partial charge in [0.1, 0.15) is 5.75 Å². The molecule has 5 heteroatoms. The monoisotopic (exact) mass is 371 g/mol. The standard InChI is InChI=1S/C22H33N3O2/c1-16(15-25-22-12-21(27-3)7-4-18(22)13-23-25)14-24-19-5-6-20(24)11-17(10-19)8-9-26-2/h4,7,12-13,16-17,19-20H,5-6,8-11,14-15H2,1-3H3/t16-,19+,20+/m1/s1. The first-order valence-electron chi connectivity index (χ1n) is 10.4. The van der Waals surface area contributed by atoms with Gasteiger partial charge in [-0.1, -0.05) is 6.92 Å². The van der Waals surface area contributed by atoms with E-state index in [-0.39, 0.29) is 0 Å². The number of ether oxygens (including phenoxy) is 2. The topological polar surface area (TPSA) is 39.5 Å². The lowest BCUT2D eigenvalue weighted by Crippen LogP contribution is -2.45. The van der Waals surface area contributed by atoms with E-state index in [1.54, 1.807) is 7.11 Å². The zero-order chi connectivity index (χ0) is 18.8. The lowest BCUT2D eigenvalue weighted by molar-refractivity contribution is 0.0700. The largest absolute Gasteiger partial charge is 0.497 e. The van der Waals surface area contributed by atoms with Gasteiger partial charge < -0.3 is 9.47 Å². The number of hydrogen-bond donors (Lipinski definition) is 0. The minimum atomic E-state index is 0.581. The molecule has 2 fully saturated rings. The number of nitrogens with zero attached hydrogens (tertiary/aromatic N) is 3. The van der Waals surface area contributed by atoms with Crippen LogP contribution in [-0.4, -0.2) is 54.1 Å². The Hall–Kier alpha value is -1.59. The lowest BCUT2D eigenvalue weighted by atomic mass is 9.88. The summed E-state index contributed by atoms with van der Waals surface area (Å²) >= 11 is 0. The highest BCUT2D eigenvalue weighted by Gasteiger charge is 2.40. The van der Waals surface area contributed by atoms with E-state index in [1.165, 1.54) is 49.6 Å². The number of rotatable bonds is 8. The van der Waals surface area contributed by atoms with Crippen molar-refractivity contribution >= 4 is 10.9 Å². The number of piperidine rings is 1. The van der Waals surface area contributed by atoms with Crippen molar-refractivity contribution < 1.29 is 9.47 Å². The summed E-state index contributed by atoms with van der Waals surface area (Å²) in [7, 11) is 3.54. The minimum absolute atomic E-state index is 0.581. The van der Waals surface area contributed by atoms with Gasteiger partial charge in [0.15, 0.2) is 0 Å². The summed E-state index contributed by atoms with van der Waals surface area (Å²) in [6.07, 6.45) is 8.66. The molecule has 2 aliphatic rings. The SMILES string of the molecule is COCCC1C[C@@H]2CC[C@@H](C1)N2C[C@@H](C)Cn1ncc2ccc(OC)cc21. The summed E-state index contributed by atoms with van der Waals surface area (Å²) in [6.45, 7) is 5.41. The van der Waals surface area contributed by atoms with Crippen molar-refractivity contribution in [2.24, 2.45) is 11.8 Å². The molecule has 148 valence electrons. The van der Waals surface area contributed by atoms with Gasteiger partial charge in [-0.2, -0.15) is 5.10 Å². The molecule has 3 heterocycles. The second kappa shape index (κ2) is 8.19. The highest BCUT2D eigenvalue weighted by Crippen LogP contribution is 2.40. The molecule has 0 aliphatic carbocycles. The van der Waals surface area contributed by atoms with Gasteiger partial charge in [0.2, 0.25) is 0 Å². The minimum Gasteiger partial charge on any atom is -0.497 e. The molecule has 5 nitrogen and oxygen atoms in total. The molecule has 2 aliphatic heterocycles. The summed E-state index contributed by atoms with van der Waals surface area (Å²) in [4.78, 5) is 2.81. The van der Waals surface area contributed by atoms with Gasteiger partial charge in [-0.3, -0.25) is 9.58 Å². The smallest absolute Gasteiger partial charge is 0.121 e. The Balaban J connectivity index is 1.38. The summed E-state index contributed by atoms with van der Waals surface area (Å²) in [5.41, 5.74) is 1.17. The molecule has 0 saturated carbocycles. The molecule has 0 radical (unpaired) electrons. The van der Waals surface area contributed by atoms with Crippen LogP contribution in [0.5, 0.6) is 5.75 Å². The first-order chi connectivity index (χ1) is 13.2. The first-order valence-corrected chi connectivity index (χ1v) is 10.4. The van der Waals surface area contributed by atoms with Crippen LogP contribution in [0.4, 0.5) is 0 Å². The third-order valence-corrected chi connectivity index (χ3v) is 6.57. The van der Waals surface area contributed by atoms with Crippen molar-refractivity contribution in [3.05, 3.63) is 24.4 Å². The van der Waals surface area contributed by atoms with Crippen molar-refractivity contribution in [2.45, 2.75) is 57.7 Å². The molecular formula is C22H33N3O2. The molecule has 2 aromatic rings. The van der Waals surface area contributed by atoms with Gasteiger partial charge in [0, 0.05) is 50.3 Å². The van der Waals surface area contributed by atoms with Gasteiger partial charge in [0.25, 0.3) is 0 Å². The lowest BCUT2D eigenvalue weighted by Gasteiger charge is -2.40. The molecule has 4 rings (SSSR count). The van der Waals surface area contributed by atoms with Crippen LogP contribution in [0.25, 0.3) is 10.9 Å². The van der Waals surface area contributed by atoms with E-state index < -0.39 is 0 Å². The zero-order valence-electron chi connectivity index (χ0n) is 16.9. The van der Waals surface area contributed by atoms with Crippen LogP contribution < -0.4 is 4.74 Å². The Morgan fingerprint density at radius 1 is 1.15 bits per heavy atom. The number of methoxy groups -OCH3 is 2. The molecule has 0 N–H and O–H groups in total. The molecule has 0 amide bonds. The van der Waals surface area contributed by atoms with E-state index in [0.717, 1.165) is 36.9 Å². The molecule has 2 bridgehead atoms. The fourth-order valence-electron chi connectivity index (χ4n) is 5.24. The summed E-state index contributed by atoms with van der Waals surface area (Å²) in [6, 6.07) is 7.75. The molecular weight excluding hydrogens is 338 g/mol. The maximum atomic E-state index is 5.39. The maximum Gasteiger partial charge on any atom is 0.121 e. The molecule has 1 aromatic carbocycles. The highest BCUT2D eigenvalue weighted by atomic mass is 16.5. The van der Waals surface area contributed by atoms with Crippen molar-refractivity contribution in [1.29, 1.82) is 0 Å². The van der Waals surface area contributed by atoms with E-state index in [0.29, 0.717) is 5.92 Å². The predicted molar refractivity (Wildman–Crippen MR) is 108 cm³/mol. The van der Waals surface area contributed by atoms with Gasteiger partial charge in [-0.25, -0.2) is 0 Å². The number of aromatic nitrogens is 2. The maximum absolute atomic E-state index is 5.39. The van der Waals surface area contributed by atoms with Gasteiger partial charge in [-0.05, 0) is 56.1 Å². The van der Waals surface area contributed by atoms with Gasteiger partial charge in [0.05, 0.1) is 18.8 Å². The summed E-state index contributed by atoms with van der Waals surface area (Å²) in [5.74, 6) is 2.34. The fraction of sp³-hybridized carbons (Fsp3) is 0.682. The van der Waals surface area contributed by atoms with E-state index in [4.69, 9.17) is 9.47 Å². The summed E-state index contributed by atoms with van der Waals surface area (Å²) in [5, 5.41) is 5.81. The zero-order valence-corrected chi connectivity index (χ0v) is 16.9. The molecule has 1 aromatic heterocycles. The average molecular weight is 372 g/mol. The van der Waals surface area contributed by atoms with Crippen LogP contribution in [-0.2, 0) is 11.3 Å². The van der Waals surface area contributed by atoms with Crippen LogP contribution >= 0.6 is 0 Å². The predicted octanol–water partition coefficient (Wildman–Crippen LogP) is 3.96. The third-order valence-electron chi connectivity index (χ3n) is 6.57. The van der Waals surface area contributed by atoms with Crippen LogP contribution in [0.2, 0.25) is 0 Å². The van der Waals surface area contributed by atoms with E-state index in [1.807, 2.05) is 19.4 Å². The van der Waals surface area contributed by atoms with Crippen LogP contribution in [0, 0.1) is 11.8 Å². The molecule has 0 unspecified atom stereocenters. The van der Waals surface area contributed by atoms with Gasteiger partial charge in [-0.15, -0.1) is 0 Å². The number of benzene rings is 1. The molecule has 0 spiro atoms. The molecule has 3 atom stereocenters. The van der Waals surface area contributed by atoms with E-state index in [9.17, 15) is 0 Å². The molecule has 2 saturated heterocycles. The Labute approximate surface area is 162 Å². The Morgan fingerprint density at radius 2 is 1.93 bits per heavy atom. The van der Waals surface area contributed by atoms with Crippen molar-refractivity contribution in [3.8, 4) is 5.75 Å². The Kier molecular flexibility index (Phi) is 5.69. The Morgan fingerprint density at radius 3 is 2.63 bits per heavy atom. The van der Waals surface area contributed by atoms with Gasteiger partial charge >= 0.3 is 0 Å². The van der Waals surface area contributed by atoms with Crippen LogP contribution in [0.3, 0.4) is 0 Å². The van der Waals surface area contributed by atoms with E-state index in [2.05, 4.69) is 33.7 Å². The second-order valence-corrected chi connectivity index (χ2v) is 8.56. The molecule has 27 heavy (non-hydrogen) atoms. The van der Waals surface area contributed by atoms with Crippen molar-refractivity contribution in [3.63, 3.8) is 0 Å². The van der Waals surface area contributed by atoms with E-state index >= 15 is 0 Å². The fourth-order valence-corrected chi connectivity index (χ4v) is 5.24. The second-order valence-electron chi connectivity index (χ2n) is 8.56. The average Bonchev–Trinajstić information content (AvgIpc) is 3.16. The van der Waals surface area contributed by atoms with Crippen molar-refractivity contribution in [2.75, 3.05) is 27.4 Å². The summed E-state index contributed by atoms with van der Waals surface area (Å²) < 4.78 is 12.8. The number of fused-ring (bicyclic) bond motifs is 3. The first kappa shape index (κ1) is 18.8. The highest BCUT2D eigenvalue weighted by molar-refractivity contribution is 5.80. The van der Waals surface area contributed by atoms with Crippen LogP contribution in [0.1, 0.15) is 39.0 Å². The number of hydrogen-bond acceptors (Lipinski definition) is 4.